The molecule has 1 aromatic heterocycles. The molecule has 1 saturated heterocycles. The van der Waals surface area contributed by atoms with Crippen molar-refractivity contribution in [2.24, 2.45) is 5.73 Å². The Morgan fingerprint density at radius 3 is 2.74 bits per heavy atom. The minimum absolute atomic E-state index is 0.0462. The Labute approximate surface area is 160 Å². The third kappa shape index (κ3) is 4.28. The fraction of sp³-hybridized carbons (Fsp3) is 0.429. The van der Waals surface area contributed by atoms with E-state index in [9.17, 15) is 4.79 Å². The summed E-state index contributed by atoms with van der Waals surface area (Å²) in [7, 11) is 0. The lowest BCUT2D eigenvalue weighted by atomic mass is 10.1. The molecule has 2 N–H and O–H groups in total. The van der Waals surface area contributed by atoms with E-state index in [4.69, 9.17) is 5.73 Å². The number of aryl methyl sites for hydroxylation is 1. The van der Waals surface area contributed by atoms with Gasteiger partial charge in [-0.2, -0.15) is 0 Å². The van der Waals surface area contributed by atoms with Gasteiger partial charge in [-0.05, 0) is 12.0 Å². The van der Waals surface area contributed by atoms with E-state index in [-0.39, 0.29) is 11.9 Å². The maximum Gasteiger partial charge on any atom is 0.274 e. The number of hydrogen-bond acceptors (Lipinski definition) is 4. The highest BCUT2D eigenvalue weighted by Gasteiger charge is 2.25. The molecule has 4 rings (SSSR count). The van der Waals surface area contributed by atoms with Crippen molar-refractivity contribution in [2.45, 2.75) is 25.4 Å². The summed E-state index contributed by atoms with van der Waals surface area (Å²) in [6.45, 7) is 4.96. The number of nitrogens with zero attached hydrogens (tertiary/aromatic N) is 4. The van der Waals surface area contributed by atoms with Gasteiger partial charge in [0.2, 0.25) is 0 Å². The second-order valence-electron chi connectivity index (χ2n) is 7.40. The largest absolute Gasteiger partial charge is 0.335 e. The van der Waals surface area contributed by atoms with Crippen LogP contribution in [-0.2, 0) is 13.0 Å². The maximum absolute atomic E-state index is 12.8. The number of benzene rings is 1. The minimum atomic E-state index is 0.0462. The van der Waals surface area contributed by atoms with Crippen molar-refractivity contribution in [1.29, 1.82) is 0 Å². The van der Waals surface area contributed by atoms with E-state index in [1.165, 1.54) is 5.56 Å². The van der Waals surface area contributed by atoms with E-state index in [2.05, 4.69) is 34.2 Å². The van der Waals surface area contributed by atoms with E-state index in [1.54, 1.807) is 0 Å². The summed E-state index contributed by atoms with van der Waals surface area (Å²) in [5, 5.41) is 0. The highest BCUT2D eigenvalue weighted by atomic mass is 16.2. The summed E-state index contributed by atoms with van der Waals surface area (Å²) in [5.74, 6) is 1.04. The molecule has 0 spiro atoms. The van der Waals surface area contributed by atoms with Crippen molar-refractivity contribution in [3.63, 3.8) is 0 Å². The van der Waals surface area contributed by atoms with Crippen molar-refractivity contribution in [1.82, 2.24) is 19.4 Å². The van der Waals surface area contributed by atoms with E-state index >= 15 is 0 Å². The number of hydrogen-bond donors (Lipinski definition) is 1. The summed E-state index contributed by atoms with van der Waals surface area (Å²) < 4.78 is 2.05. The Hall–Kier alpha value is -2.44. The number of nitrogens with two attached hydrogens (primary N) is 1. The normalized spacial score (nSPS) is 20.8. The van der Waals surface area contributed by atoms with Crippen LogP contribution in [0.1, 0.15) is 28.3 Å². The summed E-state index contributed by atoms with van der Waals surface area (Å²) in [6.07, 6.45) is 8.03. The zero-order chi connectivity index (χ0) is 18.6. The van der Waals surface area contributed by atoms with Gasteiger partial charge in [0, 0.05) is 57.9 Å². The highest BCUT2D eigenvalue weighted by molar-refractivity contribution is 5.92. The Kier molecular flexibility index (Phi) is 5.36. The molecule has 0 radical (unpaired) electrons. The van der Waals surface area contributed by atoms with Gasteiger partial charge in [0.15, 0.2) is 0 Å². The van der Waals surface area contributed by atoms with Gasteiger partial charge in [0.05, 0.1) is 0 Å². The smallest absolute Gasteiger partial charge is 0.274 e. The second kappa shape index (κ2) is 8.06. The molecule has 1 atom stereocenters. The standard InChI is InChI=1S/C21H27N5O/c22-18-8-9-20-23-19(16-26(20)15-18)21(27)25-13-11-24(12-14-25)10-4-7-17-5-2-1-3-6-17/h1-7,16,18H,8-15,22H2/b7-4+. The average molecular weight is 365 g/mol. The molecule has 6 heteroatoms. The van der Waals surface area contributed by atoms with Gasteiger partial charge in [0.1, 0.15) is 11.5 Å². The Morgan fingerprint density at radius 1 is 1.19 bits per heavy atom. The molecule has 0 aliphatic carbocycles. The van der Waals surface area contributed by atoms with Gasteiger partial charge >= 0.3 is 0 Å². The molecule has 1 amide bonds. The van der Waals surface area contributed by atoms with Crippen LogP contribution in [0.5, 0.6) is 0 Å². The molecular formula is C21H27N5O. The van der Waals surface area contributed by atoms with Gasteiger partial charge in [0.25, 0.3) is 5.91 Å². The number of amides is 1. The van der Waals surface area contributed by atoms with Gasteiger partial charge in [-0.3, -0.25) is 9.69 Å². The Bertz CT molecular complexity index is 805. The number of aromatic nitrogens is 2. The third-order valence-corrected chi connectivity index (χ3v) is 5.38. The van der Waals surface area contributed by atoms with Crippen LogP contribution in [0, 0.1) is 0 Å². The number of carbonyl (C=O) groups excluding carboxylic acids is 1. The molecule has 2 aliphatic rings. The van der Waals surface area contributed by atoms with Crippen LogP contribution < -0.4 is 5.73 Å². The predicted octanol–water partition coefficient (Wildman–Crippen LogP) is 1.63. The lowest BCUT2D eigenvalue weighted by molar-refractivity contribution is 0.0645. The highest BCUT2D eigenvalue weighted by Crippen LogP contribution is 2.16. The van der Waals surface area contributed by atoms with Gasteiger partial charge in [-0.25, -0.2) is 4.98 Å². The fourth-order valence-corrected chi connectivity index (χ4v) is 3.77. The van der Waals surface area contributed by atoms with E-state index < -0.39 is 0 Å². The van der Waals surface area contributed by atoms with Crippen molar-refractivity contribution in [3.8, 4) is 0 Å². The molecular weight excluding hydrogens is 338 g/mol. The molecule has 2 aromatic rings. The summed E-state index contributed by atoms with van der Waals surface area (Å²) in [6, 6.07) is 10.5. The van der Waals surface area contributed by atoms with Crippen molar-refractivity contribution in [3.05, 3.63) is 59.7 Å². The van der Waals surface area contributed by atoms with Crippen molar-refractivity contribution < 1.29 is 4.79 Å². The minimum Gasteiger partial charge on any atom is -0.335 e. The average Bonchev–Trinajstić information content (AvgIpc) is 3.12. The first-order valence-electron chi connectivity index (χ1n) is 9.74. The number of piperazine rings is 1. The second-order valence-corrected chi connectivity index (χ2v) is 7.40. The number of carbonyl (C=O) groups is 1. The third-order valence-electron chi connectivity index (χ3n) is 5.38. The summed E-state index contributed by atoms with van der Waals surface area (Å²) in [5.41, 5.74) is 7.80. The molecule has 0 saturated carbocycles. The van der Waals surface area contributed by atoms with E-state index in [1.807, 2.05) is 33.9 Å². The number of imidazole rings is 1. The van der Waals surface area contributed by atoms with Crippen LogP contribution in [0.4, 0.5) is 0 Å². The van der Waals surface area contributed by atoms with Crippen LogP contribution >= 0.6 is 0 Å². The van der Waals surface area contributed by atoms with E-state index in [0.29, 0.717) is 5.69 Å². The number of rotatable bonds is 4. The van der Waals surface area contributed by atoms with Gasteiger partial charge in [-0.15, -0.1) is 0 Å². The molecule has 1 aromatic carbocycles. The number of fused-ring (bicyclic) bond motifs is 1. The Morgan fingerprint density at radius 2 is 1.96 bits per heavy atom. The molecule has 3 heterocycles. The molecule has 27 heavy (non-hydrogen) atoms. The van der Waals surface area contributed by atoms with Crippen LogP contribution in [0.2, 0.25) is 0 Å². The molecule has 1 unspecified atom stereocenters. The molecule has 142 valence electrons. The Balaban J connectivity index is 1.29. The summed E-state index contributed by atoms with van der Waals surface area (Å²) in [4.78, 5) is 21.6. The first-order valence-corrected chi connectivity index (χ1v) is 9.74. The molecule has 6 nitrogen and oxygen atoms in total. The van der Waals surface area contributed by atoms with Gasteiger partial charge < -0.3 is 15.2 Å². The van der Waals surface area contributed by atoms with E-state index in [0.717, 1.165) is 57.9 Å². The zero-order valence-corrected chi connectivity index (χ0v) is 15.6. The monoisotopic (exact) mass is 365 g/mol. The van der Waals surface area contributed by atoms with Gasteiger partial charge in [-0.1, -0.05) is 42.5 Å². The lowest BCUT2D eigenvalue weighted by Crippen LogP contribution is -2.48. The quantitative estimate of drug-likeness (QED) is 0.894. The first kappa shape index (κ1) is 17.9. The fourth-order valence-electron chi connectivity index (χ4n) is 3.77. The van der Waals surface area contributed by atoms with Crippen LogP contribution in [0.3, 0.4) is 0 Å². The lowest BCUT2D eigenvalue weighted by Gasteiger charge is -2.33. The van der Waals surface area contributed by atoms with Crippen LogP contribution in [-0.4, -0.2) is 64.0 Å². The maximum atomic E-state index is 12.8. The molecule has 1 fully saturated rings. The molecule has 0 bridgehead atoms. The van der Waals surface area contributed by atoms with Crippen LogP contribution in [0.15, 0.2) is 42.6 Å². The first-order chi connectivity index (χ1) is 13.2. The van der Waals surface area contributed by atoms with Crippen LogP contribution in [0.25, 0.3) is 6.08 Å². The topological polar surface area (TPSA) is 67.4 Å². The molecule has 2 aliphatic heterocycles. The predicted molar refractivity (Wildman–Crippen MR) is 106 cm³/mol. The van der Waals surface area contributed by atoms with Crippen molar-refractivity contribution >= 4 is 12.0 Å². The summed E-state index contributed by atoms with van der Waals surface area (Å²) >= 11 is 0. The zero-order valence-electron chi connectivity index (χ0n) is 15.6. The van der Waals surface area contributed by atoms with Crippen molar-refractivity contribution in [2.75, 3.05) is 32.7 Å². The SMILES string of the molecule is NC1CCc2nc(C(=O)N3CCN(C/C=C/c4ccccc4)CC3)cn2C1.